The van der Waals surface area contributed by atoms with E-state index in [9.17, 15) is 0 Å². The van der Waals surface area contributed by atoms with E-state index in [-0.39, 0.29) is 6.04 Å². The molecule has 1 rings (SSSR count). The van der Waals surface area contributed by atoms with Crippen LogP contribution in [0.4, 0.5) is 0 Å². The monoisotopic (exact) mass is 221 g/mol. The molecule has 0 saturated heterocycles. The first-order valence-corrected chi connectivity index (χ1v) is 6.12. The molecule has 0 amide bonds. The first-order chi connectivity index (χ1) is 7.68. The predicted octanol–water partition coefficient (Wildman–Crippen LogP) is 3.22. The highest BCUT2D eigenvalue weighted by Crippen LogP contribution is 2.11. The van der Waals surface area contributed by atoms with Crippen LogP contribution in [0.15, 0.2) is 30.3 Å². The third-order valence-corrected chi connectivity index (χ3v) is 2.62. The number of rotatable bonds is 7. The zero-order chi connectivity index (χ0) is 11.8. The fourth-order valence-electron chi connectivity index (χ4n) is 1.54. The number of hydrogen-bond acceptors (Lipinski definition) is 2. The molecule has 0 aromatic heterocycles. The zero-order valence-electron chi connectivity index (χ0n) is 10.4. The maximum Gasteiger partial charge on any atom is 0.119 e. The van der Waals surface area contributed by atoms with Crippen LogP contribution in [0.2, 0.25) is 0 Å². The minimum Gasteiger partial charge on any atom is -0.494 e. The molecular weight excluding hydrogens is 198 g/mol. The zero-order valence-corrected chi connectivity index (χ0v) is 10.4. The first-order valence-electron chi connectivity index (χ1n) is 6.12. The van der Waals surface area contributed by atoms with Crippen LogP contribution in [0.25, 0.3) is 0 Å². The molecule has 0 saturated carbocycles. The summed E-state index contributed by atoms with van der Waals surface area (Å²) in [5.41, 5.74) is 6.01. The van der Waals surface area contributed by atoms with Crippen LogP contribution in [0.1, 0.15) is 33.1 Å². The van der Waals surface area contributed by atoms with E-state index in [1.807, 2.05) is 30.3 Å². The Balaban J connectivity index is 2.11. The lowest BCUT2D eigenvalue weighted by atomic mass is 10.0. The molecule has 2 nitrogen and oxygen atoms in total. The number of benzene rings is 1. The second-order valence-corrected chi connectivity index (χ2v) is 4.68. The second kappa shape index (κ2) is 7.29. The number of ether oxygens (including phenoxy) is 1. The summed E-state index contributed by atoms with van der Waals surface area (Å²) in [6, 6.07) is 10.2. The fourth-order valence-corrected chi connectivity index (χ4v) is 1.54. The molecule has 0 spiro atoms. The summed E-state index contributed by atoms with van der Waals surface area (Å²) >= 11 is 0. The summed E-state index contributed by atoms with van der Waals surface area (Å²) < 4.78 is 5.60. The molecule has 1 atom stereocenters. The first kappa shape index (κ1) is 13.0. The summed E-state index contributed by atoms with van der Waals surface area (Å²) in [6.07, 6.45) is 3.23. The number of para-hydroxylation sites is 1. The van der Waals surface area contributed by atoms with Crippen LogP contribution in [-0.4, -0.2) is 12.6 Å². The average molecular weight is 221 g/mol. The predicted molar refractivity (Wildman–Crippen MR) is 68.6 cm³/mol. The van der Waals surface area contributed by atoms with Gasteiger partial charge in [0, 0.05) is 6.04 Å². The molecule has 0 fully saturated rings. The van der Waals surface area contributed by atoms with E-state index in [4.69, 9.17) is 10.5 Å². The molecule has 16 heavy (non-hydrogen) atoms. The summed E-state index contributed by atoms with van der Waals surface area (Å²) in [5, 5.41) is 0. The smallest absolute Gasteiger partial charge is 0.119 e. The van der Waals surface area contributed by atoms with Gasteiger partial charge in [0.2, 0.25) is 0 Å². The third-order valence-electron chi connectivity index (χ3n) is 2.62. The van der Waals surface area contributed by atoms with Gasteiger partial charge >= 0.3 is 0 Å². The Morgan fingerprint density at radius 3 is 2.38 bits per heavy atom. The van der Waals surface area contributed by atoms with Crippen LogP contribution in [0, 0.1) is 5.92 Å². The Kier molecular flexibility index (Phi) is 5.94. The van der Waals surface area contributed by atoms with Crippen LogP contribution in [-0.2, 0) is 0 Å². The lowest BCUT2D eigenvalue weighted by Gasteiger charge is -2.13. The molecule has 0 aliphatic rings. The Morgan fingerprint density at radius 1 is 1.06 bits per heavy atom. The van der Waals surface area contributed by atoms with Crippen LogP contribution in [0.5, 0.6) is 5.75 Å². The lowest BCUT2D eigenvalue weighted by molar-refractivity contribution is 0.291. The van der Waals surface area contributed by atoms with E-state index in [0.29, 0.717) is 6.61 Å². The topological polar surface area (TPSA) is 35.2 Å². The molecule has 2 heteroatoms. The third kappa shape index (κ3) is 5.76. The minimum absolute atomic E-state index is 0.270. The van der Waals surface area contributed by atoms with Crippen molar-refractivity contribution in [2.24, 2.45) is 11.7 Å². The highest BCUT2D eigenvalue weighted by Gasteiger charge is 2.04. The Labute approximate surface area is 98.8 Å². The van der Waals surface area contributed by atoms with E-state index in [0.717, 1.165) is 24.5 Å². The normalized spacial score (nSPS) is 12.8. The average Bonchev–Trinajstić information content (AvgIpc) is 2.28. The molecular formula is C14H23NO. The highest BCUT2D eigenvalue weighted by molar-refractivity contribution is 5.20. The van der Waals surface area contributed by atoms with Gasteiger partial charge in [-0.3, -0.25) is 0 Å². The van der Waals surface area contributed by atoms with Crippen molar-refractivity contribution in [3.8, 4) is 5.75 Å². The van der Waals surface area contributed by atoms with Crippen molar-refractivity contribution in [3.63, 3.8) is 0 Å². The molecule has 1 aromatic rings. The Morgan fingerprint density at radius 2 is 1.75 bits per heavy atom. The molecule has 2 N–H and O–H groups in total. The molecule has 0 radical (unpaired) electrons. The van der Waals surface area contributed by atoms with Crippen molar-refractivity contribution < 1.29 is 4.74 Å². The Hall–Kier alpha value is -1.02. The van der Waals surface area contributed by atoms with Gasteiger partial charge in [-0.15, -0.1) is 0 Å². The van der Waals surface area contributed by atoms with Crippen molar-refractivity contribution in [2.45, 2.75) is 39.2 Å². The van der Waals surface area contributed by atoms with Crippen molar-refractivity contribution in [3.05, 3.63) is 30.3 Å². The van der Waals surface area contributed by atoms with Gasteiger partial charge in [-0.2, -0.15) is 0 Å². The van der Waals surface area contributed by atoms with Gasteiger partial charge in [-0.05, 0) is 37.3 Å². The Bertz CT molecular complexity index is 271. The second-order valence-electron chi connectivity index (χ2n) is 4.68. The maximum absolute atomic E-state index is 6.01. The van der Waals surface area contributed by atoms with Gasteiger partial charge in [0.15, 0.2) is 0 Å². The van der Waals surface area contributed by atoms with Crippen LogP contribution in [0.3, 0.4) is 0 Å². The fraction of sp³-hybridized carbons (Fsp3) is 0.571. The van der Waals surface area contributed by atoms with Gasteiger partial charge in [-0.1, -0.05) is 32.0 Å². The summed E-state index contributed by atoms with van der Waals surface area (Å²) in [7, 11) is 0. The van der Waals surface area contributed by atoms with Crippen molar-refractivity contribution in [1.29, 1.82) is 0 Å². The van der Waals surface area contributed by atoms with Gasteiger partial charge < -0.3 is 10.5 Å². The number of hydrogen-bond donors (Lipinski definition) is 1. The quantitative estimate of drug-likeness (QED) is 0.767. The van der Waals surface area contributed by atoms with E-state index in [2.05, 4.69) is 13.8 Å². The maximum atomic E-state index is 6.01. The van der Waals surface area contributed by atoms with Gasteiger partial charge in [-0.25, -0.2) is 0 Å². The molecule has 0 heterocycles. The largest absolute Gasteiger partial charge is 0.494 e. The summed E-state index contributed by atoms with van der Waals surface area (Å²) in [5.74, 6) is 1.67. The van der Waals surface area contributed by atoms with Crippen molar-refractivity contribution in [2.75, 3.05) is 6.61 Å². The minimum atomic E-state index is 0.270. The van der Waals surface area contributed by atoms with Gasteiger partial charge in [0.05, 0.1) is 6.61 Å². The highest BCUT2D eigenvalue weighted by atomic mass is 16.5. The van der Waals surface area contributed by atoms with E-state index in [1.54, 1.807) is 0 Å². The standard InChI is InChI=1S/C14H23NO/c1-12(2)8-9-13(15)10-11-16-14-6-4-3-5-7-14/h3-7,12-13H,8-11,15H2,1-2H3. The molecule has 1 unspecified atom stereocenters. The molecule has 1 aromatic carbocycles. The molecule has 0 aliphatic carbocycles. The molecule has 0 aliphatic heterocycles. The summed E-state index contributed by atoms with van der Waals surface area (Å²) in [6.45, 7) is 5.17. The SMILES string of the molecule is CC(C)CCC(N)CCOc1ccccc1. The van der Waals surface area contributed by atoms with E-state index in [1.165, 1.54) is 6.42 Å². The van der Waals surface area contributed by atoms with E-state index < -0.39 is 0 Å². The molecule has 0 bridgehead atoms. The van der Waals surface area contributed by atoms with Crippen molar-refractivity contribution >= 4 is 0 Å². The van der Waals surface area contributed by atoms with E-state index >= 15 is 0 Å². The van der Waals surface area contributed by atoms with Crippen LogP contribution < -0.4 is 10.5 Å². The van der Waals surface area contributed by atoms with Crippen LogP contribution >= 0.6 is 0 Å². The van der Waals surface area contributed by atoms with Gasteiger partial charge in [0.25, 0.3) is 0 Å². The molecule has 90 valence electrons. The van der Waals surface area contributed by atoms with Crippen molar-refractivity contribution in [1.82, 2.24) is 0 Å². The lowest BCUT2D eigenvalue weighted by Crippen LogP contribution is -2.23. The summed E-state index contributed by atoms with van der Waals surface area (Å²) in [4.78, 5) is 0. The van der Waals surface area contributed by atoms with Gasteiger partial charge in [0.1, 0.15) is 5.75 Å². The number of nitrogens with two attached hydrogens (primary N) is 1.